The lowest BCUT2D eigenvalue weighted by atomic mass is 10.2. The number of amides is 1. The fraction of sp³-hybridized carbons (Fsp3) is 0.429. The molecular formula is C21H24N2O6. The molecule has 1 saturated heterocycles. The number of piperazine rings is 1. The summed E-state index contributed by atoms with van der Waals surface area (Å²) in [6.07, 6.45) is 0.872. The van der Waals surface area contributed by atoms with Crippen LogP contribution in [0.5, 0.6) is 11.5 Å². The molecule has 2 aliphatic heterocycles. The summed E-state index contributed by atoms with van der Waals surface area (Å²) in [7, 11) is 0. The summed E-state index contributed by atoms with van der Waals surface area (Å²) in [5.41, 5.74) is 0.455. The summed E-state index contributed by atoms with van der Waals surface area (Å²) in [5, 5.41) is 0. The number of ether oxygens (including phenoxy) is 3. The molecule has 1 unspecified atom stereocenters. The van der Waals surface area contributed by atoms with E-state index in [9.17, 15) is 9.59 Å². The van der Waals surface area contributed by atoms with Gasteiger partial charge in [0.25, 0.3) is 5.91 Å². The van der Waals surface area contributed by atoms with Crippen molar-refractivity contribution in [1.29, 1.82) is 0 Å². The lowest BCUT2D eigenvalue weighted by Crippen LogP contribution is -2.53. The number of carbonyl (C=O) groups excluding carboxylic acids is 2. The smallest absolute Gasteiger partial charge is 0.341 e. The van der Waals surface area contributed by atoms with Gasteiger partial charge >= 0.3 is 5.97 Å². The van der Waals surface area contributed by atoms with Crippen LogP contribution in [0, 0.1) is 0 Å². The number of hydrogen-bond acceptors (Lipinski definition) is 7. The highest BCUT2D eigenvalue weighted by Crippen LogP contribution is 2.31. The predicted molar refractivity (Wildman–Crippen MR) is 103 cm³/mol. The maximum absolute atomic E-state index is 12.8. The van der Waals surface area contributed by atoms with Gasteiger partial charge in [0.1, 0.15) is 17.9 Å². The Kier molecular flexibility index (Phi) is 5.71. The Bertz CT molecular complexity index is 872. The first-order valence-electron chi connectivity index (χ1n) is 9.79. The van der Waals surface area contributed by atoms with Crippen molar-refractivity contribution < 1.29 is 28.2 Å². The van der Waals surface area contributed by atoms with E-state index >= 15 is 0 Å². The SMILES string of the molecule is CCOC(=O)c1ccoc1CN1CCN(C(=O)C2COc3ccccc3O2)CC1. The van der Waals surface area contributed by atoms with Crippen molar-refractivity contribution in [3.63, 3.8) is 0 Å². The highest BCUT2D eigenvalue weighted by Gasteiger charge is 2.33. The Labute approximate surface area is 168 Å². The van der Waals surface area contributed by atoms with Gasteiger partial charge in [-0.2, -0.15) is 0 Å². The summed E-state index contributed by atoms with van der Waals surface area (Å²) < 4.78 is 22.0. The molecule has 0 saturated carbocycles. The van der Waals surface area contributed by atoms with E-state index in [2.05, 4.69) is 4.90 Å². The van der Waals surface area contributed by atoms with Gasteiger partial charge in [0, 0.05) is 26.2 Å². The quantitative estimate of drug-likeness (QED) is 0.710. The summed E-state index contributed by atoms with van der Waals surface area (Å²) in [6.45, 7) is 5.32. The first kappa shape index (κ1) is 19.3. The molecule has 0 aliphatic carbocycles. The van der Waals surface area contributed by atoms with Crippen LogP contribution in [-0.4, -0.2) is 67.2 Å². The van der Waals surface area contributed by atoms with Gasteiger partial charge in [0.05, 0.1) is 19.4 Å². The summed E-state index contributed by atoms with van der Waals surface area (Å²) in [5.74, 6) is 1.41. The monoisotopic (exact) mass is 400 g/mol. The molecule has 1 amide bonds. The van der Waals surface area contributed by atoms with Crippen LogP contribution in [0.15, 0.2) is 41.0 Å². The third-order valence-corrected chi connectivity index (χ3v) is 5.08. The summed E-state index contributed by atoms with van der Waals surface area (Å²) in [6, 6.07) is 8.99. The van der Waals surface area contributed by atoms with Crippen LogP contribution in [0.3, 0.4) is 0 Å². The molecular weight excluding hydrogens is 376 g/mol. The van der Waals surface area contributed by atoms with E-state index in [1.54, 1.807) is 24.0 Å². The number of furan rings is 1. The van der Waals surface area contributed by atoms with Crippen molar-refractivity contribution in [3.8, 4) is 11.5 Å². The van der Waals surface area contributed by atoms with E-state index in [-0.39, 0.29) is 18.5 Å². The van der Waals surface area contributed by atoms with Crippen molar-refractivity contribution in [3.05, 3.63) is 47.9 Å². The van der Waals surface area contributed by atoms with Crippen molar-refractivity contribution in [2.75, 3.05) is 39.4 Å². The number of carbonyl (C=O) groups is 2. The first-order valence-corrected chi connectivity index (χ1v) is 9.79. The van der Waals surface area contributed by atoms with Gasteiger partial charge in [-0.05, 0) is 25.1 Å². The highest BCUT2D eigenvalue weighted by atomic mass is 16.6. The lowest BCUT2D eigenvalue weighted by molar-refractivity contribution is -0.143. The topological polar surface area (TPSA) is 81.5 Å². The summed E-state index contributed by atoms with van der Waals surface area (Å²) >= 11 is 0. The molecule has 2 aliphatic rings. The van der Waals surface area contributed by atoms with Gasteiger partial charge in [0.2, 0.25) is 6.10 Å². The molecule has 8 heteroatoms. The van der Waals surface area contributed by atoms with Gasteiger partial charge in [-0.25, -0.2) is 4.79 Å². The number of hydrogen-bond donors (Lipinski definition) is 0. The van der Waals surface area contributed by atoms with E-state index in [1.807, 2.05) is 18.2 Å². The van der Waals surface area contributed by atoms with Crippen LogP contribution in [0.4, 0.5) is 0 Å². The molecule has 4 rings (SSSR count). The van der Waals surface area contributed by atoms with Crippen LogP contribution >= 0.6 is 0 Å². The predicted octanol–water partition coefficient (Wildman–Crippen LogP) is 1.94. The third-order valence-electron chi connectivity index (χ3n) is 5.08. The van der Waals surface area contributed by atoms with E-state index in [4.69, 9.17) is 18.6 Å². The minimum absolute atomic E-state index is 0.0654. The maximum atomic E-state index is 12.8. The van der Waals surface area contributed by atoms with Crippen LogP contribution < -0.4 is 9.47 Å². The molecule has 29 heavy (non-hydrogen) atoms. The van der Waals surface area contributed by atoms with Crippen molar-refractivity contribution in [2.45, 2.75) is 19.6 Å². The number of nitrogens with zero attached hydrogens (tertiary/aromatic N) is 2. The second kappa shape index (κ2) is 8.57. The zero-order valence-corrected chi connectivity index (χ0v) is 16.3. The van der Waals surface area contributed by atoms with Crippen molar-refractivity contribution >= 4 is 11.9 Å². The van der Waals surface area contributed by atoms with Crippen LogP contribution in [0.1, 0.15) is 23.0 Å². The lowest BCUT2D eigenvalue weighted by Gasteiger charge is -2.36. The minimum atomic E-state index is -0.628. The fourth-order valence-corrected chi connectivity index (χ4v) is 3.53. The third kappa shape index (κ3) is 4.22. The van der Waals surface area contributed by atoms with Crippen LogP contribution in [0.2, 0.25) is 0 Å². The Hall–Kier alpha value is -3.00. The van der Waals surface area contributed by atoms with Gasteiger partial charge in [-0.15, -0.1) is 0 Å². The van der Waals surface area contributed by atoms with Gasteiger partial charge in [0.15, 0.2) is 11.5 Å². The Balaban J connectivity index is 1.31. The maximum Gasteiger partial charge on any atom is 0.341 e. The molecule has 0 N–H and O–H groups in total. The molecule has 1 atom stereocenters. The van der Waals surface area contributed by atoms with Gasteiger partial charge in [-0.1, -0.05) is 12.1 Å². The molecule has 1 fully saturated rings. The molecule has 2 aromatic rings. The number of fused-ring (bicyclic) bond motifs is 1. The average Bonchev–Trinajstić information content (AvgIpc) is 3.22. The zero-order chi connectivity index (χ0) is 20.2. The number of esters is 1. The Morgan fingerprint density at radius 2 is 1.86 bits per heavy atom. The Morgan fingerprint density at radius 3 is 2.62 bits per heavy atom. The number of para-hydroxylation sites is 2. The molecule has 154 valence electrons. The average molecular weight is 400 g/mol. The minimum Gasteiger partial charge on any atom is -0.485 e. The molecule has 0 bridgehead atoms. The standard InChI is InChI=1S/C21H24N2O6/c1-2-26-21(25)15-7-12-27-18(15)13-22-8-10-23(11-9-22)20(24)19-14-28-16-5-3-4-6-17(16)29-19/h3-7,12,19H,2,8-11,13-14H2,1H3. The molecule has 1 aromatic carbocycles. The summed E-state index contributed by atoms with van der Waals surface area (Å²) in [4.78, 5) is 28.8. The van der Waals surface area contributed by atoms with Crippen LogP contribution in [-0.2, 0) is 16.1 Å². The molecule has 3 heterocycles. The van der Waals surface area contributed by atoms with E-state index in [1.165, 1.54) is 6.26 Å². The fourth-order valence-electron chi connectivity index (χ4n) is 3.53. The zero-order valence-electron chi connectivity index (χ0n) is 16.3. The van der Waals surface area contributed by atoms with E-state index in [0.29, 0.717) is 62.2 Å². The highest BCUT2D eigenvalue weighted by molar-refractivity contribution is 5.90. The Morgan fingerprint density at radius 1 is 1.10 bits per heavy atom. The van der Waals surface area contributed by atoms with Gasteiger partial charge in [-0.3, -0.25) is 9.69 Å². The van der Waals surface area contributed by atoms with Crippen molar-refractivity contribution in [2.24, 2.45) is 0 Å². The first-order chi connectivity index (χ1) is 14.2. The van der Waals surface area contributed by atoms with Gasteiger partial charge < -0.3 is 23.5 Å². The van der Waals surface area contributed by atoms with E-state index < -0.39 is 6.10 Å². The molecule has 1 aromatic heterocycles. The normalized spacial score (nSPS) is 19.1. The second-order valence-corrected chi connectivity index (χ2v) is 6.94. The number of benzene rings is 1. The number of rotatable bonds is 5. The molecule has 0 spiro atoms. The second-order valence-electron chi connectivity index (χ2n) is 6.94. The largest absolute Gasteiger partial charge is 0.485 e. The molecule has 8 nitrogen and oxygen atoms in total. The molecule has 0 radical (unpaired) electrons. The van der Waals surface area contributed by atoms with Crippen LogP contribution in [0.25, 0.3) is 0 Å². The van der Waals surface area contributed by atoms with E-state index in [0.717, 1.165) is 0 Å². The van der Waals surface area contributed by atoms with Crippen molar-refractivity contribution in [1.82, 2.24) is 9.80 Å².